The van der Waals surface area contributed by atoms with E-state index in [0.29, 0.717) is 22.9 Å². The second-order valence-electron chi connectivity index (χ2n) is 3.62. The third-order valence-corrected chi connectivity index (χ3v) is 3.39. The van der Waals surface area contributed by atoms with Gasteiger partial charge >= 0.3 is 0 Å². The molecule has 2 aromatic heterocycles. The molecular formula is C12H12ClN3OS. The van der Waals surface area contributed by atoms with Gasteiger partial charge in [-0.2, -0.15) is 11.3 Å². The highest BCUT2D eigenvalue weighted by Crippen LogP contribution is 2.19. The van der Waals surface area contributed by atoms with Crippen molar-refractivity contribution in [2.24, 2.45) is 0 Å². The number of anilines is 1. The Hall–Kier alpha value is -1.59. The van der Waals surface area contributed by atoms with E-state index in [0.717, 1.165) is 5.56 Å². The highest BCUT2D eigenvalue weighted by atomic mass is 35.5. The minimum absolute atomic E-state index is 0.182. The molecule has 4 nitrogen and oxygen atoms in total. The first-order chi connectivity index (χ1) is 8.70. The Morgan fingerprint density at radius 1 is 1.56 bits per heavy atom. The quantitative estimate of drug-likeness (QED) is 0.906. The van der Waals surface area contributed by atoms with Crippen LogP contribution >= 0.6 is 22.9 Å². The normalized spacial score (nSPS) is 10.1. The third kappa shape index (κ3) is 3.00. The predicted octanol–water partition coefficient (Wildman–Crippen LogP) is 2.77. The fourth-order valence-electron chi connectivity index (χ4n) is 1.42. The molecule has 0 unspecified atom stereocenters. The van der Waals surface area contributed by atoms with Crippen LogP contribution in [-0.2, 0) is 6.54 Å². The molecule has 94 valence electrons. The van der Waals surface area contributed by atoms with Crippen molar-refractivity contribution >= 4 is 34.7 Å². The van der Waals surface area contributed by atoms with E-state index in [9.17, 15) is 4.79 Å². The van der Waals surface area contributed by atoms with E-state index in [4.69, 9.17) is 11.6 Å². The van der Waals surface area contributed by atoms with Crippen LogP contribution in [0.4, 0.5) is 5.82 Å². The molecular weight excluding hydrogens is 270 g/mol. The summed E-state index contributed by atoms with van der Waals surface area (Å²) in [6, 6.07) is 3.57. The molecule has 2 rings (SSSR count). The summed E-state index contributed by atoms with van der Waals surface area (Å²) >= 11 is 7.57. The summed E-state index contributed by atoms with van der Waals surface area (Å²) in [5.41, 5.74) is 1.54. The van der Waals surface area contributed by atoms with E-state index < -0.39 is 0 Å². The first-order valence-corrected chi connectivity index (χ1v) is 6.65. The van der Waals surface area contributed by atoms with E-state index in [1.165, 1.54) is 6.20 Å². The molecule has 0 aliphatic rings. The molecule has 0 aliphatic heterocycles. The summed E-state index contributed by atoms with van der Waals surface area (Å²) in [6.45, 7) is 0.508. The van der Waals surface area contributed by atoms with E-state index in [2.05, 4.69) is 15.6 Å². The number of carbonyl (C=O) groups is 1. The summed E-state index contributed by atoms with van der Waals surface area (Å²) in [5, 5.41) is 10.1. The molecule has 0 fully saturated rings. The largest absolute Gasteiger partial charge is 0.372 e. The number of rotatable bonds is 4. The molecule has 0 radical (unpaired) electrons. The fourth-order valence-corrected chi connectivity index (χ4v) is 2.35. The van der Waals surface area contributed by atoms with E-state index >= 15 is 0 Å². The Balaban J connectivity index is 2.02. The first-order valence-electron chi connectivity index (χ1n) is 5.33. The van der Waals surface area contributed by atoms with Gasteiger partial charge in [0.1, 0.15) is 5.82 Å². The van der Waals surface area contributed by atoms with Crippen LogP contribution in [0.1, 0.15) is 15.9 Å². The predicted molar refractivity (Wildman–Crippen MR) is 74.3 cm³/mol. The summed E-state index contributed by atoms with van der Waals surface area (Å²) in [4.78, 5) is 15.9. The van der Waals surface area contributed by atoms with Crippen LogP contribution in [0.2, 0.25) is 5.02 Å². The minimum atomic E-state index is -0.182. The molecule has 0 aromatic carbocycles. The zero-order chi connectivity index (χ0) is 13.0. The van der Waals surface area contributed by atoms with Gasteiger partial charge in [-0.15, -0.1) is 0 Å². The van der Waals surface area contributed by atoms with E-state index in [1.807, 2.05) is 16.8 Å². The third-order valence-electron chi connectivity index (χ3n) is 2.37. The Kier molecular flexibility index (Phi) is 4.17. The molecule has 6 heteroatoms. The van der Waals surface area contributed by atoms with Crippen LogP contribution < -0.4 is 10.6 Å². The first kappa shape index (κ1) is 12.9. The molecule has 1 amide bonds. The van der Waals surface area contributed by atoms with Crippen molar-refractivity contribution in [3.63, 3.8) is 0 Å². The monoisotopic (exact) mass is 281 g/mol. The van der Waals surface area contributed by atoms with Gasteiger partial charge < -0.3 is 10.6 Å². The van der Waals surface area contributed by atoms with Gasteiger partial charge in [0.15, 0.2) is 0 Å². The molecule has 0 atom stereocenters. The van der Waals surface area contributed by atoms with Gasteiger partial charge in [-0.3, -0.25) is 4.79 Å². The van der Waals surface area contributed by atoms with Crippen LogP contribution in [0.3, 0.4) is 0 Å². The number of aromatic nitrogens is 1. The van der Waals surface area contributed by atoms with Crippen LogP contribution in [-0.4, -0.2) is 17.9 Å². The molecule has 0 bridgehead atoms. The van der Waals surface area contributed by atoms with Crippen molar-refractivity contribution in [2.45, 2.75) is 6.54 Å². The van der Waals surface area contributed by atoms with Crippen molar-refractivity contribution < 1.29 is 4.79 Å². The standard InChI is InChI=1S/C12H12ClN3OS/c1-14-11-10(13)4-9(6-15-11)12(17)16-5-8-2-3-18-7-8/h2-4,6-7H,5H2,1H3,(H,14,15)(H,16,17). The van der Waals surface area contributed by atoms with Gasteiger partial charge in [-0.25, -0.2) is 4.98 Å². The number of hydrogen-bond donors (Lipinski definition) is 2. The second kappa shape index (κ2) is 5.84. The molecule has 0 aliphatic carbocycles. The number of amides is 1. The number of pyridine rings is 1. The van der Waals surface area contributed by atoms with Crippen LogP contribution in [0.25, 0.3) is 0 Å². The number of hydrogen-bond acceptors (Lipinski definition) is 4. The lowest BCUT2D eigenvalue weighted by atomic mass is 10.2. The Morgan fingerprint density at radius 2 is 2.39 bits per heavy atom. The number of thiophene rings is 1. The topological polar surface area (TPSA) is 54.0 Å². The lowest BCUT2D eigenvalue weighted by Crippen LogP contribution is -2.22. The SMILES string of the molecule is CNc1ncc(C(=O)NCc2ccsc2)cc1Cl. The van der Waals surface area contributed by atoms with Crippen LogP contribution in [0.5, 0.6) is 0 Å². The van der Waals surface area contributed by atoms with E-state index in [-0.39, 0.29) is 5.91 Å². The summed E-state index contributed by atoms with van der Waals surface area (Å²) < 4.78 is 0. The molecule has 2 N–H and O–H groups in total. The van der Waals surface area contributed by atoms with E-state index in [1.54, 1.807) is 24.5 Å². The molecule has 2 aromatic rings. The molecule has 0 spiro atoms. The lowest BCUT2D eigenvalue weighted by molar-refractivity contribution is 0.0950. The average Bonchev–Trinajstić information content (AvgIpc) is 2.89. The Morgan fingerprint density at radius 3 is 3.00 bits per heavy atom. The van der Waals surface area contributed by atoms with Gasteiger partial charge in [-0.1, -0.05) is 11.6 Å². The van der Waals surface area contributed by atoms with Gasteiger partial charge in [0.25, 0.3) is 5.91 Å². The van der Waals surface area contributed by atoms with Gasteiger partial charge in [-0.05, 0) is 28.5 Å². The smallest absolute Gasteiger partial charge is 0.253 e. The fraction of sp³-hybridized carbons (Fsp3) is 0.167. The van der Waals surface area contributed by atoms with Gasteiger partial charge in [0, 0.05) is 19.8 Å². The number of halogens is 1. The maximum atomic E-state index is 11.9. The summed E-state index contributed by atoms with van der Waals surface area (Å²) in [5.74, 6) is 0.379. The molecule has 18 heavy (non-hydrogen) atoms. The average molecular weight is 282 g/mol. The highest BCUT2D eigenvalue weighted by Gasteiger charge is 2.09. The summed E-state index contributed by atoms with van der Waals surface area (Å²) in [7, 11) is 1.73. The van der Waals surface area contributed by atoms with Crippen LogP contribution in [0, 0.1) is 0 Å². The number of carbonyl (C=O) groups excluding carboxylic acids is 1. The van der Waals surface area contributed by atoms with Crippen LogP contribution in [0.15, 0.2) is 29.1 Å². The van der Waals surface area contributed by atoms with Crippen molar-refractivity contribution in [1.82, 2.24) is 10.3 Å². The van der Waals surface area contributed by atoms with Crippen molar-refractivity contribution in [3.05, 3.63) is 45.2 Å². The number of nitrogens with one attached hydrogen (secondary N) is 2. The maximum Gasteiger partial charge on any atom is 0.253 e. The lowest BCUT2D eigenvalue weighted by Gasteiger charge is -2.06. The van der Waals surface area contributed by atoms with Crippen molar-refractivity contribution in [3.8, 4) is 0 Å². The number of nitrogens with zero attached hydrogens (tertiary/aromatic N) is 1. The second-order valence-corrected chi connectivity index (χ2v) is 4.81. The van der Waals surface area contributed by atoms with Crippen molar-refractivity contribution in [2.75, 3.05) is 12.4 Å². The Bertz CT molecular complexity index is 542. The van der Waals surface area contributed by atoms with Gasteiger partial charge in [0.2, 0.25) is 0 Å². The minimum Gasteiger partial charge on any atom is -0.372 e. The highest BCUT2D eigenvalue weighted by molar-refractivity contribution is 7.07. The van der Waals surface area contributed by atoms with Crippen molar-refractivity contribution in [1.29, 1.82) is 0 Å². The van der Waals surface area contributed by atoms with Gasteiger partial charge in [0.05, 0.1) is 10.6 Å². The summed E-state index contributed by atoms with van der Waals surface area (Å²) in [6.07, 6.45) is 1.50. The zero-order valence-corrected chi connectivity index (χ0v) is 11.3. The Labute approximate surface area is 114 Å². The molecule has 0 saturated carbocycles. The maximum absolute atomic E-state index is 11.9. The molecule has 2 heterocycles. The zero-order valence-electron chi connectivity index (χ0n) is 9.74. The molecule has 0 saturated heterocycles.